The van der Waals surface area contributed by atoms with Crippen LogP contribution in [0.25, 0.3) is 0 Å². The van der Waals surface area contributed by atoms with Crippen molar-refractivity contribution >= 4 is 5.82 Å². The quantitative estimate of drug-likeness (QED) is 0.785. The minimum absolute atomic E-state index is 0.175. The van der Waals surface area contributed by atoms with Gasteiger partial charge in [-0.05, 0) is 27.2 Å². The van der Waals surface area contributed by atoms with E-state index in [-0.39, 0.29) is 5.60 Å². The summed E-state index contributed by atoms with van der Waals surface area (Å²) in [5.41, 5.74) is -0.175. The summed E-state index contributed by atoms with van der Waals surface area (Å²) in [5, 5.41) is 3.24. The number of rotatable bonds is 8. The van der Waals surface area contributed by atoms with E-state index in [1.165, 1.54) is 0 Å². The Bertz CT molecular complexity index is 394. The van der Waals surface area contributed by atoms with E-state index in [1.807, 2.05) is 26.8 Å². The highest BCUT2D eigenvalue weighted by atomic mass is 16.5. The molecule has 0 aromatic carbocycles. The highest BCUT2D eigenvalue weighted by Gasteiger charge is 2.16. The molecule has 0 amide bonds. The maximum Gasteiger partial charge on any atom is 0.218 e. The summed E-state index contributed by atoms with van der Waals surface area (Å²) in [7, 11) is 1.71. The van der Waals surface area contributed by atoms with Crippen LogP contribution in [0.1, 0.15) is 39.4 Å². The second-order valence-electron chi connectivity index (χ2n) is 5.13. The number of ether oxygens (including phenoxy) is 2. The number of aryl methyl sites for hydroxylation is 1. The molecule has 0 aliphatic heterocycles. The zero-order valence-corrected chi connectivity index (χ0v) is 12.6. The zero-order valence-electron chi connectivity index (χ0n) is 12.6. The molecule has 0 aliphatic carbocycles. The normalized spacial score (nSPS) is 11.4. The van der Waals surface area contributed by atoms with Gasteiger partial charge in [-0.1, -0.05) is 6.92 Å². The van der Waals surface area contributed by atoms with E-state index in [0.717, 1.165) is 25.2 Å². The number of methoxy groups -OCH3 is 1. The Labute approximate surface area is 115 Å². The molecule has 0 unspecified atom stereocenters. The van der Waals surface area contributed by atoms with E-state index < -0.39 is 0 Å². The molecule has 0 saturated heterocycles. The summed E-state index contributed by atoms with van der Waals surface area (Å²) in [5.74, 6) is 2.13. The molecule has 108 valence electrons. The maximum absolute atomic E-state index is 5.67. The van der Waals surface area contributed by atoms with E-state index >= 15 is 0 Å². The molecular formula is C14H25N3O2. The maximum atomic E-state index is 5.67. The predicted molar refractivity (Wildman–Crippen MR) is 76.7 cm³/mol. The minimum atomic E-state index is -0.175. The molecule has 1 aromatic rings. The van der Waals surface area contributed by atoms with Crippen molar-refractivity contribution in [3.8, 4) is 5.88 Å². The van der Waals surface area contributed by atoms with Crippen LogP contribution in [0, 0.1) is 6.92 Å². The summed E-state index contributed by atoms with van der Waals surface area (Å²) in [6.45, 7) is 9.52. The summed E-state index contributed by atoms with van der Waals surface area (Å²) >= 11 is 0. The molecule has 1 rings (SSSR count). The van der Waals surface area contributed by atoms with Gasteiger partial charge in [0.05, 0.1) is 12.2 Å². The van der Waals surface area contributed by atoms with Crippen LogP contribution >= 0.6 is 0 Å². The third kappa shape index (κ3) is 5.87. The first-order valence-electron chi connectivity index (χ1n) is 6.74. The van der Waals surface area contributed by atoms with Gasteiger partial charge >= 0.3 is 0 Å². The summed E-state index contributed by atoms with van der Waals surface area (Å²) < 4.78 is 11.0. The first-order chi connectivity index (χ1) is 8.96. The van der Waals surface area contributed by atoms with E-state index in [1.54, 1.807) is 7.11 Å². The lowest BCUT2D eigenvalue weighted by molar-refractivity contribution is 0.00507. The van der Waals surface area contributed by atoms with Gasteiger partial charge in [0.2, 0.25) is 5.88 Å². The van der Waals surface area contributed by atoms with Crippen molar-refractivity contribution in [2.45, 2.75) is 46.1 Å². The van der Waals surface area contributed by atoms with Crippen molar-refractivity contribution in [3.63, 3.8) is 0 Å². The summed E-state index contributed by atoms with van der Waals surface area (Å²) in [4.78, 5) is 8.59. The lowest BCUT2D eigenvalue weighted by atomic mass is 10.1. The Hall–Kier alpha value is -1.36. The first kappa shape index (κ1) is 15.7. The van der Waals surface area contributed by atoms with Crippen LogP contribution in [0.15, 0.2) is 6.07 Å². The Morgan fingerprint density at radius 1 is 1.32 bits per heavy atom. The highest BCUT2D eigenvalue weighted by molar-refractivity contribution is 5.38. The molecule has 5 heteroatoms. The third-order valence-corrected chi connectivity index (χ3v) is 2.88. The van der Waals surface area contributed by atoms with Gasteiger partial charge in [0, 0.05) is 26.1 Å². The van der Waals surface area contributed by atoms with Gasteiger partial charge in [0.25, 0.3) is 0 Å². The average Bonchev–Trinajstić information content (AvgIpc) is 2.35. The SMILES string of the molecule is CCCNc1cc(OCCC(C)(C)OC)nc(C)n1. The molecule has 0 radical (unpaired) electrons. The number of hydrogen-bond acceptors (Lipinski definition) is 5. The van der Waals surface area contributed by atoms with Crippen LogP contribution in [0.5, 0.6) is 5.88 Å². The number of nitrogens with zero attached hydrogens (tertiary/aromatic N) is 2. The van der Waals surface area contributed by atoms with Gasteiger partial charge in [0.15, 0.2) is 0 Å². The third-order valence-electron chi connectivity index (χ3n) is 2.88. The van der Waals surface area contributed by atoms with Crippen LogP contribution in [-0.4, -0.2) is 35.8 Å². The minimum Gasteiger partial charge on any atom is -0.477 e. The van der Waals surface area contributed by atoms with Crippen LogP contribution in [0.2, 0.25) is 0 Å². The molecule has 0 atom stereocenters. The van der Waals surface area contributed by atoms with Crippen molar-refractivity contribution in [2.75, 3.05) is 25.6 Å². The highest BCUT2D eigenvalue weighted by Crippen LogP contribution is 2.16. The number of aromatic nitrogens is 2. The Balaban J connectivity index is 2.55. The van der Waals surface area contributed by atoms with E-state index in [0.29, 0.717) is 18.3 Å². The van der Waals surface area contributed by atoms with Crippen LogP contribution < -0.4 is 10.1 Å². The molecule has 0 spiro atoms. The lowest BCUT2D eigenvalue weighted by Gasteiger charge is -2.22. The van der Waals surface area contributed by atoms with E-state index in [2.05, 4.69) is 22.2 Å². The largest absolute Gasteiger partial charge is 0.477 e. The summed E-state index contributed by atoms with van der Waals surface area (Å²) in [6, 6.07) is 1.84. The van der Waals surface area contributed by atoms with Gasteiger partial charge in [-0.3, -0.25) is 0 Å². The van der Waals surface area contributed by atoms with Gasteiger partial charge in [-0.2, -0.15) is 4.98 Å². The number of hydrogen-bond donors (Lipinski definition) is 1. The number of anilines is 1. The molecule has 0 aliphatic rings. The monoisotopic (exact) mass is 267 g/mol. The fourth-order valence-electron chi connectivity index (χ4n) is 1.46. The van der Waals surface area contributed by atoms with Crippen molar-refractivity contribution in [3.05, 3.63) is 11.9 Å². The molecule has 0 saturated carbocycles. The molecule has 0 bridgehead atoms. The van der Waals surface area contributed by atoms with Gasteiger partial charge in [0.1, 0.15) is 11.6 Å². The standard InChI is InChI=1S/C14H25N3O2/c1-6-8-15-12-10-13(17-11(2)16-12)19-9-7-14(3,4)18-5/h10H,6-9H2,1-5H3,(H,15,16,17). The van der Waals surface area contributed by atoms with E-state index in [9.17, 15) is 0 Å². The van der Waals surface area contributed by atoms with Crippen LogP contribution in [-0.2, 0) is 4.74 Å². The zero-order chi connectivity index (χ0) is 14.3. The van der Waals surface area contributed by atoms with Gasteiger partial charge < -0.3 is 14.8 Å². The fraction of sp³-hybridized carbons (Fsp3) is 0.714. The second-order valence-corrected chi connectivity index (χ2v) is 5.13. The second kappa shape index (κ2) is 7.28. The van der Waals surface area contributed by atoms with Crippen LogP contribution in [0.4, 0.5) is 5.82 Å². The van der Waals surface area contributed by atoms with Crippen LogP contribution in [0.3, 0.4) is 0 Å². The average molecular weight is 267 g/mol. The fourth-order valence-corrected chi connectivity index (χ4v) is 1.46. The van der Waals surface area contributed by atoms with Crippen molar-refractivity contribution < 1.29 is 9.47 Å². The molecule has 5 nitrogen and oxygen atoms in total. The van der Waals surface area contributed by atoms with E-state index in [4.69, 9.17) is 9.47 Å². The number of nitrogens with one attached hydrogen (secondary N) is 1. The first-order valence-corrected chi connectivity index (χ1v) is 6.74. The molecule has 0 fully saturated rings. The molecule has 1 heterocycles. The Morgan fingerprint density at radius 2 is 2.05 bits per heavy atom. The van der Waals surface area contributed by atoms with Gasteiger partial charge in [-0.25, -0.2) is 4.98 Å². The molecular weight excluding hydrogens is 242 g/mol. The molecule has 1 N–H and O–H groups in total. The Morgan fingerprint density at radius 3 is 2.68 bits per heavy atom. The van der Waals surface area contributed by atoms with Crippen molar-refractivity contribution in [1.82, 2.24) is 9.97 Å². The smallest absolute Gasteiger partial charge is 0.218 e. The Kier molecular flexibility index (Phi) is 6.02. The lowest BCUT2D eigenvalue weighted by Crippen LogP contribution is -2.25. The summed E-state index contributed by atoms with van der Waals surface area (Å²) in [6.07, 6.45) is 1.87. The van der Waals surface area contributed by atoms with Crippen molar-refractivity contribution in [1.29, 1.82) is 0 Å². The molecule has 1 aromatic heterocycles. The molecule has 19 heavy (non-hydrogen) atoms. The van der Waals surface area contributed by atoms with Gasteiger partial charge in [-0.15, -0.1) is 0 Å². The van der Waals surface area contributed by atoms with Crippen molar-refractivity contribution in [2.24, 2.45) is 0 Å². The predicted octanol–water partition coefficient (Wildman–Crippen LogP) is 2.80. The topological polar surface area (TPSA) is 56.3 Å².